The van der Waals surface area contributed by atoms with Gasteiger partial charge in [0.1, 0.15) is 5.82 Å². The Labute approximate surface area is 109 Å². The molecule has 1 aromatic rings. The fourth-order valence-corrected chi connectivity index (χ4v) is 2.88. The van der Waals surface area contributed by atoms with E-state index in [1.807, 2.05) is 12.3 Å². The third-order valence-electron chi connectivity index (χ3n) is 3.95. The van der Waals surface area contributed by atoms with Crippen LogP contribution in [-0.2, 0) is 0 Å². The Kier molecular flexibility index (Phi) is 3.62. The summed E-state index contributed by atoms with van der Waals surface area (Å²) in [5, 5.41) is 0. The van der Waals surface area contributed by atoms with Crippen LogP contribution in [0.1, 0.15) is 38.5 Å². The van der Waals surface area contributed by atoms with Gasteiger partial charge in [-0.2, -0.15) is 4.98 Å². The smallest absolute Gasteiger partial charge is 0.227 e. The lowest BCUT2D eigenvalue weighted by atomic mass is 10.2. The van der Waals surface area contributed by atoms with Gasteiger partial charge in [0.15, 0.2) is 0 Å². The highest BCUT2D eigenvalue weighted by Crippen LogP contribution is 2.21. The first kappa shape index (κ1) is 11.8. The molecule has 4 nitrogen and oxygen atoms in total. The minimum Gasteiger partial charge on any atom is -0.356 e. The molecule has 1 aromatic heterocycles. The summed E-state index contributed by atoms with van der Waals surface area (Å²) in [5.74, 6) is 2.04. The van der Waals surface area contributed by atoms with Crippen molar-refractivity contribution in [2.75, 3.05) is 36.0 Å². The zero-order chi connectivity index (χ0) is 12.2. The molecule has 18 heavy (non-hydrogen) atoms. The lowest BCUT2D eigenvalue weighted by molar-refractivity contribution is 0.726. The highest BCUT2D eigenvalue weighted by atomic mass is 15.3. The summed E-state index contributed by atoms with van der Waals surface area (Å²) in [6, 6.07) is 2.05. The van der Waals surface area contributed by atoms with Gasteiger partial charge in [-0.15, -0.1) is 0 Å². The highest BCUT2D eigenvalue weighted by Gasteiger charge is 2.17. The molecule has 0 aliphatic carbocycles. The summed E-state index contributed by atoms with van der Waals surface area (Å²) in [4.78, 5) is 14.0. The van der Waals surface area contributed by atoms with Crippen molar-refractivity contribution in [1.82, 2.24) is 9.97 Å². The molecular formula is C14H22N4. The maximum atomic E-state index is 4.76. The second-order valence-electron chi connectivity index (χ2n) is 5.31. The molecule has 0 saturated carbocycles. The van der Waals surface area contributed by atoms with Gasteiger partial charge < -0.3 is 9.80 Å². The first-order valence-corrected chi connectivity index (χ1v) is 7.26. The van der Waals surface area contributed by atoms with E-state index in [0.29, 0.717) is 0 Å². The average molecular weight is 246 g/mol. The van der Waals surface area contributed by atoms with Crippen molar-refractivity contribution < 1.29 is 0 Å². The predicted molar refractivity (Wildman–Crippen MR) is 74.2 cm³/mol. The van der Waals surface area contributed by atoms with E-state index in [2.05, 4.69) is 14.8 Å². The van der Waals surface area contributed by atoms with Crippen molar-refractivity contribution in [3.63, 3.8) is 0 Å². The topological polar surface area (TPSA) is 32.3 Å². The van der Waals surface area contributed by atoms with Crippen LogP contribution in [0.2, 0.25) is 0 Å². The minimum absolute atomic E-state index is 0.932. The molecule has 0 amide bonds. The van der Waals surface area contributed by atoms with Crippen molar-refractivity contribution >= 4 is 11.8 Å². The Hall–Kier alpha value is -1.32. The summed E-state index contributed by atoms with van der Waals surface area (Å²) in [6.45, 7) is 4.53. The molecule has 0 unspecified atom stereocenters. The van der Waals surface area contributed by atoms with E-state index in [0.717, 1.165) is 37.9 Å². The zero-order valence-corrected chi connectivity index (χ0v) is 11.0. The first-order chi connectivity index (χ1) is 8.93. The molecule has 0 N–H and O–H groups in total. The third kappa shape index (κ3) is 2.57. The van der Waals surface area contributed by atoms with Crippen LogP contribution in [0.3, 0.4) is 0 Å². The second kappa shape index (κ2) is 5.55. The Morgan fingerprint density at radius 3 is 2.11 bits per heavy atom. The molecule has 3 heterocycles. The minimum atomic E-state index is 0.932. The van der Waals surface area contributed by atoms with Gasteiger partial charge in [-0.1, -0.05) is 12.8 Å². The number of hydrogen-bond donors (Lipinski definition) is 0. The van der Waals surface area contributed by atoms with Crippen LogP contribution in [-0.4, -0.2) is 36.1 Å². The van der Waals surface area contributed by atoms with Gasteiger partial charge in [-0.25, -0.2) is 4.98 Å². The normalized spacial score (nSPS) is 21.1. The van der Waals surface area contributed by atoms with Crippen LogP contribution in [0.25, 0.3) is 0 Å². The fraction of sp³-hybridized carbons (Fsp3) is 0.714. The largest absolute Gasteiger partial charge is 0.356 e. The molecule has 2 aliphatic heterocycles. The first-order valence-electron chi connectivity index (χ1n) is 7.26. The predicted octanol–water partition coefficient (Wildman–Crippen LogP) is 2.46. The van der Waals surface area contributed by atoms with Gasteiger partial charge in [0, 0.05) is 32.4 Å². The summed E-state index contributed by atoms with van der Waals surface area (Å²) in [6.07, 6.45) is 9.76. The van der Waals surface area contributed by atoms with Crippen LogP contribution in [0.4, 0.5) is 11.8 Å². The quantitative estimate of drug-likeness (QED) is 0.802. The number of anilines is 2. The van der Waals surface area contributed by atoms with E-state index in [-0.39, 0.29) is 0 Å². The third-order valence-corrected chi connectivity index (χ3v) is 3.95. The Balaban J connectivity index is 1.76. The highest BCUT2D eigenvalue weighted by molar-refractivity contribution is 5.44. The second-order valence-corrected chi connectivity index (χ2v) is 5.31. The molecular weight excluding hydrogens is 224 g/mol. The number of rotatable bonds is 2. The molecule has 4 heteroatoms. The van der Waals surface area contributed by atoms with E-state index in [4.69, 9.17) is 4.98 Å². The van der Waals surface area contributed by atoms with Crippen molar-refractivity contribution in [3.8, 4) is 0 Å². The summed E-state index contributed by atoms with van der Waals surface area (Å²) in [7, 11) is 0. The molecule has 98 valence electrons. The lowest BCUT2D eigenvalue weighted by Gasteiger charge is -2.22. The van der Waals surface area contributed by atoms with E-state index in [9.17, 15) is 0 Å². The molecule has 2 aliphatic rings. The van der Waals surface area contributed by atoms with Crippen LogP contribution >= 0.6 is 0 Å². The molecule has 0 radical (unpaired) electrons. The molecule has 3 rings (SSSR count). The van der Waals surface area contributed by atoms with Crippen molar-refractivity contribution in [3.05, 3.63) is 12.3 Å². The average Bonchev–Trinajstić information content (AvgIpc) is 2.82. The van der Waals surface area contributed by atoms with Crippen LogP contribution in [0.5, 0.6) is 0 Å². The van der Waals surface area contributed by atoms with Gasteiger partial charge in [0.25, 0.3) is 0 Å². The fourth-order valence-electron chi connectivity index (χ4n) is 2.88. The summed E-state index contributed by atoms with van der Waals surface area (Å²) in [5.41, 5.74) is 0. The van der Waals surface area contributed by atoms with Crippen LogP contribution < -0.4 is 9.80 Å². The number of nitrogens with zero attached hydrogens (tertiary/aromatic N) is 4. The van der Waals surface area contributed by atoms with Gasteiger partial charge in [0.2, 0.25) is 5.95 Å². The molecule has 0 bridgehead atoms. The maximum absolute atomic E-state index is 4.76. The maximum Gasteiger partial charge on any atom is 0.227 e. The summed E-state index contributed by atoms with van der Waals surface area (Å²) < 4.78 is 0. The van der Waals surface area contributed by atoms with Gasteiger partial charge in [0.05, 0.1) is 0 Å². The van der Waals surface area contributed by atoms with Crippen molar-refractivity contribution in [2.45, 2.75) is 38.5 Å². The zero-order valence-electron chi connectivity index (χ0n) is 11.0. The van der Waals surface area contributed by atoms with E-state index >= 15 is 0 Å². The molecule has 0 atom stereocenters. The van der Waals surface area contributed by atoms with E-state index in [1.165, 1.54) is 38.5 Å². The Bertz CT molecular complexity index is 379. The van der Waals surface area contributed by atoms with Gasteiger partial charge in [-0.3, -0.25) is 0 Å². The SMILES string of the molecule is c1cc(N2CCCC2)nc(N2CCCCCC2)n1. The molecule has 2 fully saturated rings. The number of aromatic nitrogens is 2. The van der Waals surface area contributed by atoms with E-state index in [1.54, 1.807) is 0 Å². The van der Waals surface area contributed by atoms with Crippen LogP contribution in [0.15, 0.2) is 12.3 Å². The van der Waals surface area contributed by atoms with Crippen LogP contribution in [0, 0.1) is 0 Å². The molecule has 0 aromatic carbocycles. The Morgan fingerprint density at radius 2 is 1.39 bits per heavy atom. The lowest BCUT2D eigenvalue weighted by Crippen LogP contribution is -2.27. The molecule has 2 saturated heterocycles. The monoisotopic (exact) mass is 246 g/mol. The standard InChI is InChI=1S/C14H22N4/c1-2-4-12-18(11-3-1)14-15-8-7-13(16-14)17-9-5-6-10-17/h7-8H,1-6,9-12H2. The Morgan fingerprint density at radius 1 is 0.778 bits per heavy atom. The summed E-state index contributed by atoms with van der Waals surface area (Å²) >= 11 is 0. The number of hydrogen-bond acceptors (Lipinski definition) is 4. The van der Waals surface area contributed by atoms with Gasteiger partial charge >= 0.3 is 0 Å². The molecule has 0 spiro atoms. The van der Waals surface area contributed by atoms with Crippen molar-refractivity contribution in [1.29, 1.82) is 0 Å². The van der Waals surface area contributed by atoms with Gasteiger partial charge in [-0.05, 0) is 31.7 Å². The van der Waals surface area contributed by atoms with Crippen molar-refractivity contribution in [2.24, 2.45) is 0 Å². The van der Waals surface area contributed by atoms with E-state index < -0.39 is 0 Å².